The number of rotatable bonds is 3. The molecule has 1 N–H and O–H groups in total. The molecule has 2 atom stereocenters. The summed E-state index contributed by atoms with van der Waals surface area (Å²) in [5, 5.41) is 3.00. The van der Waals surface area contributed by atoms with Gasteiger partial charge in [0.15, 0.2) is 0 Å². The van der Waals surface area contributed by atoms with Gasteiger partial charge in [-0.1, -0.05) is 18.2 Å². The Morgan fingerprint density at radius 2 is 2.00 bits per heavy atom. The Bertz CT molecular complexity index is 578. The fourth-order valence-corrected chi connectivity index (χ4v) is 4.14. The maximum atomic E-state index is 12.3. The number of carbonyl (C=O) groups is 2. The molecule has 2 aliphatic rings. The van der Waals surface area contributed by atoms with Crippen molar-refractivity contribution < 1.29 is 14.4 Å². The highest BCUT2D eigenvalue weighted by molar-refractivity contribution is 8.01. The fraction of sp³-hybridized carbons (Fsp3) is 0.429. The summed E-state index contributed by atoms with van der Waals surface area (Å²) < 4.78 is 0. The number of amides is 2. The van der Waals surface area contributed by atoms with Gasteiger partial charge in [0, 0.05) is 5.56 Å². The predicted molar refractivity (Wildman–Crippen MR) is 78.8 cm³/mol. The average Bonchev–Trinajstić information content (AvgIpc) is 2.69. The molecule has 0 unspecified atom stereocenters. The molecule has 6 nitrogen and oxygen atoms in total. The second kappa shape index (κ2) is 5.01. The molecule has 1 aromatic carbocycles. The smallest absolute Gasteiger partial charge is 0.269 e. The van der Waals surface area contributed by atoms with E-state index in [2.05, 4.69) is 5.43 Å². The number of β-lactam (4-membered cyclic amide) rings is 1. The van der Waals surface area contributed by atoms with Gasteiger partial charge >= 0.3 is 0 Å². The Morgan fingerprint density at radius 1 is 1.33 bits per heavy atom. The van der Waals surface area contributed by atoms with Gasteiger partial charge in [0.25, 0.3) is 11.8 Å². The number of hydrazine groups is 1. The van der Waals surface area contributed by atoms with Crippen molar-refractivity contribution in [3.05, 3.63) is 35.9 Å². The molecule has 0 radical (unpaired) electrons. The van der Waals surface area contributed by atoms with Crippen molar-refractivity contribution in [2.45, 2.75) is 30.1 Å². The Balaban J connectivity index is 1.79. The summed E-state index contributed by atoms with van der Waals surface area (Å²) in [6.45, 7) is 3.95. The number of fused-ring (bicyclic) bond motifs is 1. The van der Waals surface area contributed by atoms with E-state index in [4.69, 9.17) is 4.84 Å². The van der Waals surface area contributed by atoms with Crippen molar-refractivity contribution in [2.75, 3.05) is 7.11 Å². The molecule has 0 aliphatic carbocycles. The summed E-state index contributed by atoms with van der Waals surface area (Å²) in [7, 11) is 1.48. The van der Waals surface area contributed by atoms with E-state index >= 15 is 0 Å². The minimum absolute atomic E-state index is 0.0893. The zero-order chi connectivity index (χ0) is 15.2. The maximum absolute atomic E-state index is 12.3. The van der Waals surface area contributed by atoms with Gasteiger partial charge in [0.05, 0.1) is 12.0 Å². The largest absolute Gasteiger partial charge is 0.283 e. The Labute approximate surface area is 127 Å². The van der Waals surface area contributed by atoms with Gasteiger partial charge in [-0.05, 0) is 26.0 Å². The van der Waals surface area contributed by atoms with E-state index in [0.717, 1.165) is 0 Å². The number of benzene rings is 1. The molecular weight excluding hydrogens is 290 g/mol. The van der Waals surface area contributed by atoms with Gasteiger partial charge in [-0.15, -0.1) is 11.8 Å². The van der Waals surface area contributed by atoms with Gasteiger partial charge < -0.3 is 0 Å². The molecule has 0 aromatic heterocycles. The monoisotopic (exact) mass is 307 g/mol. The Kier molecular flexibility index (Phi) is 3.43. The summed E-state index contributed by atoms with van der Waals surface area (Å²) in [6, 6.07) is 8.58. The summed E-state index contributed by atoms with van der Waals surface area (Å²) in [6.07, 6.45) is 0. The van der Waals surface area contributed by atoms with E-state index in [1.807, 2.05) is 32.0 Å². The van der Waals surface area contributed by atoms with Crippen LogP contribution in [0.25, 0.3) is 0 Å². The zero-order valence-corrected chi connectivity index (χ0v) is 12.9. The van der Waals surface area contributed by atoms with E-state index in [1.165, 1.54) is 12.2 Å². The van der Waals surface area contributed by atoms with Crippen LogP contribution in [-0.2, 0) is 9.63 Å². The Hall–Kier alpha value is -1.57. The van der Waals surface area contributed by atoms with Gasteiger partial charge in [-0.3, -0.25) is 19.9 Å². The summed E-state index contributed by atoms with van der Waals surface area (Å²) in [4.78, 5) is 29.1. The minimum atomic E-state index is -0.386. The number of nitrogens with zero attached hydrogens (tertiary/aromatic N) is 2. The fourth-order valence-electron chi connectivity index (χ4n) is 2.62. The van der Waals surface area contributed by atoms with Gasteiger partial charge in [0.2, 0.25) is 0 Å². The predicted octanol–water partition coefficient (Wildman–Crippen LogP) is 1.21. The maximum Gasteiger partial charge on any atom is 0.269 e. The second-order valence-corrected chi connectivity index (χ2v) is 7.14. The zero-order valence-electron chi connectivity index (χ0n) is 12.1. The molecular formula is C14H17N3O3S. The first kappa shape index (κ1) is 14.4. The van der Waals surface area contributed by atoms with Crippen LogP contribution in [0, 0.1) is 0 Å². The highest BCUT2D eigenvalue weighted by Crippen LogP contribution is 2.49. The van der Waals surface area contributed by atoms with Gasteiger partial charge in [-0.2, -0.15) is 5.01 Å². The molecule has 0 bridgehead atoms. The molecule has 3 rings (SSSR count). The number of hydrogen-bond acceptors (Lipinski definition) is 5. The van der Waals surface area contributed by atoms with Crippen LogP contribution in [0.3, 0.4) is 0 Å². The molecule has 2 aliphatic heterocycles. The first-order valence-electron chi connectivity index (χ1n) is 6.66. The molecule has 1 aromatic rings. The second-order valence-electron chi connectivity index (χ2n) is 5.42. The SMILES string of the molecule is CON1C(=O)[C@@H]2[C@H]1SC(C)(C)N2NC(=O)c1ccccc1. The lowest BCUT2D eigenvalue weighted by molar-refractivity contribution is -0.218. The quantitative estimate of drug-likeness (QED) is 0.851. The van der Waals surface area contributed by atoms with Crippen LogP contribution in [0.5, 0.6) is 0 Å². The van der Waals surface area contributed by atoms with Crippen molar-refractivity contribution in [2.24, 2.45) is 0 Å². The van der Waals surface area contributed by atoms with Crippen molar-refractivity contribution in [1.82, 2.24) is 15.5 Å². The first-order chi connectivity index (χ1) is 9.95. The van der Waals surface area contributed by atoms with Crippen LogP contribution in [0.4, 0.5) is 0 Å². The lowest BCUT2D eigenvalue weighted by Gasteiger charge is -2.42. The van der Waals surface area contributed by atoms with Crippen molar-refractivity contribution in [3.63, 3.8) is 0 Å². The number of nitrogens with one attached hydrogen (secondary N) is 1. The van der Waals surface area contributed by atoms with Crippen LogP contribution < -0.4 is 5.43 Å². The highest BCUT2D eigenvalue weighted by atomic mass is 32.2. The molecule has 2 heterocycles. The number of hydroxylamine groups is 2. The van der Waals surface area contributed by atoms with Crippen LogP contribution in [0.15, 0.2) is 30.3 Å². The molecule has 0 saturated carbocycles. The number of hydrogen-bond donors (Lipinski definition) is 1. The molecule has 21 heavy (non-hydrogen) atoms. The van der Waals surface area contributed by atoms with E-state index < -0.39 is 0 Å². The van der Waals surface area contributed by atoms with Crippen LogP contribution in [-0.4, -0.2) is 45.3 Å². The number of carbonyl (C=O) groups excluding carboxylic acids is 2. The highest BCUT2D eigenvalue weighted by Gasteiger charge is 2.63. The lowest BCUT2D eigenvalue weighted by Crippen LogP contribution is -2.68. The van der Waals surface area contributed by atoms with Crippen molar-refractivity contribution in [1.29, 1.82) is 0 Å². The third-order valence-corrected chi connectivity index (χ3v) is 5.16. The topological polar surface area (TPSA) is 61.9 Å². The molecule has 112 valence electrons. The normalized spacial score (nSPS) is 27.2. The summed E-state index contributed by atoms with van der Waals surface area (Å²) >= 11 is 1.59. The standard InChI is InChI=1S/C14H17N3O3S/c1-14(2)17(10-12(19)16(20-3)13(10)21-14)15-11(18)9-7-5-4-6-8-9/h4-8,10,13H,1-3H3,(H,15,18)/t10-,13-/m1/s1. The van der Waals surface area contributed by atoms with Crippen LogP contribution >= 0.6 is 11.8 Å². The Morgan fingerprint density at radius 3 is 2.62 bits per heavy atom. The molecule has 7 heteroatoms. The minimum Gasteiger partial charge on any atom is -0.283 e. The average molecular weight is 307 g/mol. The molecule has 2 amide bonds. The van der Waals surface area contributed by atoms with Gasteiger partial charge in [0.1, 0.15) is 11.4 Å². The number of thioether (sulfide) groups is 1. The third kappa shape index (κ3) is 2.21. The first-order valence-corrected chi connectivity index (χ1v) is 7.54. The lowest BCUT2D eigenvalue weighted by atomic mass is 10.1. The van der Waals surface area contributed by atoms with Crippen LogP contribution in [0.1, 0.15) is 24.2 Å². The molecule has 0 spiro atoms. The van der Waals surface area contributed by atoms with Crippen molar-refractivity contribution >= 4 is 23.6 Å². The van der Waals surface area contributed by atoms with E-state index in [1.54, 1.807) is 28.9 Å². The summed E-state index contributed by atoms with van der Waals surface area (Å²) in [5.74, 6) is -0.345. The van der Waals surface area contributed by atoms with E-state index in [9.17, 15) is 9.59 Å². The van der Waals surface area contributed by atoms with E-state index in [-0.39, 0.29) is 28.1 Å². The van der Waals surface area contributed by atoms with Crippen molar-refractivity contribution in [3.8, 4) is 0 Å². The van der Waals surface area contributed by atoms with E-state index in [0.29, 0.717) is 5.56 Å². The third-order valence-electron chi connectivity index (χ3n) is 3.69. The molecule has 2 saturated heterocycles. The molecule has 2 fully saturated rings. The summed E-state index contributed by atoms with van der Waals surface area (Å²) in [5.41, 5.74) is 3.43. The van der Waals surface area contributed by atoms with Gasteiger partial charge in [-0.25, -0.2) is 5.06 Å². The van der Waals surface area contributed by atoms with Crippen LogP contribution in [0.2, 0.25) is 0 Å².